The third-order valence-electron chi connectivity index (χ3n) is 4.56. The van der Waals surface area contributed by atoms with E-state index < -0.39 is 0 Å². The van der Waals surface area contributed by atoms with Gasteiger partial charge in [-0.1, -0.05) is 37.3 Å². The van der Waals surface area contributed by atoms with Crippen molar-refractivity contribution in [1.29, 1.82) is 0 Å². The van der Waals surface area contributed by atoms with E-state index in [4.69, 9.17) is 5.73 Å². The summed E-state index contributed by atoms with van der Waals surface area (Å²) in [5.74, 6) is 1.30. The number of aliphatic imine (C=N–C) groups is 1. The second-order valence-corrected chi connectivity index (χ2v) is 6.53. The second-order valence-electron chi connectivity index (χ2n) is 6.53. The van der Waals surface area contributed by atoms with Crippen LogP contribution >= 0.6 is 24.0 Å². The SMILES string of the molecule is CC1CCN(c2ccc(CN=C(N)Nc3ccccc3)cc2)CC1.I. The van der Waals surface area contributed by atoms with E-state index in [9.17, 15) is 0 Å². The Labute approximate surface area is 167 Å². The molecule has 2 aromatic carbocycles. The van der Waals surface area contributed by atoms with Gasteiger partial charge in [0.25, 0.3) is 0 Å². The number of nitrogens with one attached hydrogen (secondary N) is 1. The third-order valence-corrected chi connectivity index (χ3v) is 4.56. The van der Waals surface area contributed by atoms with Crippen LogP contribution in [-0.4, -0.2) is 19.0 Å². The van der Waals surface area contributed by atoms with Gasteiger partial charge in [0.2, 0.25) is 0 Å². The lowest BCUT2D eigenvalue weighted by Gasteiger charge is -2.32. The van der Waals surface area contributed by atoms with Gasteiger partial charge < -0.3 is 16.0 Å². The Morgan fingerprint density at radius 3 is 2.36 bits per heavy atom. The summed E-state index contributed by atoms with van der Waals surface area (Å²) in [4.78, 5) is 6.88. The molecule has 0 aliphatic carbocycles. The minimum atomic E-state index is 0. The molecule has 1 aliphatic heterocycles. The number of piperidine rings is 1. The van der Waals surface area contributed by atoms with Crippen LogP contribution in [0.4, 0.5) is 11.4 Å². The van der Waals surface area contributed by atoms with E-state index in [1.807, 2.05) is 30.3 Å². The van der Waals surface area contributed by atoms with Crippen molar-refractivity contribution >= 4 is 41.3 Å². The van der Waals surface area contributed by atoms with Crippen LogP contribution in [0.1, 0.15) is 25.3 Å². The van der Waals surface area contributed by atoms with Gasteiger partial charge in [0.1, 0.15) is 0 Å². The first-order valence-corrected chi connectivity index (χ1v) is 8.66. The minimum Gasteiger partial charge on any atom is -0.372 e. The van der Waals surface area contributed by atoms with Crippen LogP contribution in [0.25, 0.3) is 0 Å². The summed E-state index contributed by atoms with van der Waals surface area (Å²) in [5, 5.41) is 3.10. The highest BCUT2D eigenvalue weighted by molar-refractivity contribution is 14.0. The van der Waals surface area contributed by atoms with Crippen LogP contribution in [0, 0.1) is 5.92 Å². The standard InChI is InChI=1S/C20H26N4.HI/c1-16-11-13-24(14-12-16)19-9-7-17(8-10-19)15-22-20(21)23-18-5-3-2-4-6-18;/h2-10,16H,11-15H2,1H3,(H3,21,22,23);1H. The highest BCUT2D eigenvalue weighted by Gasteiger charge is 2.15. The average Bonchev–Trinajstić information content (AvgIpc) is 2.62. The fraction of sp³-hybridized carbons (Fsp3) is 0.350. The number of hydrogen-bond acceptors (Lipinski definition) is 2. The summed E-state index contributed by atoms with van der Waals surface area (Å²) in [6, 6.07) is 18.5. The molecular weight excluding hydrogens is 423 g/mol. The first-order valence-electron chi connectivity index (χ1n) is 8.66. The molecule has 3 rings (SSSR count). The highest BCUT2D eigenvalue weighted by atomic mass is 127. The van der Waals surface area contributed by atoms with Crippen LogP contribution in [-0.2, 0) is 6.54 Å². The summed E-state index contributed by atoms with van der Waals surface area (Å²) in [6.07, 6.45) is 2.57. The smallest absolute Gasteiger partial charge is 0.193 e. The van der Waals surface area contributed by atoms with Crippen molar-refractivity contribution in [1.82, 2.24) is 0 Å². The quantitative estimate of drug-likeness (QED) is 0.411. The molecule has 0 saturated carbocycles. The Bertz CT molecular complexity index is 662. The molecule has 0 spiro atoms. The fourth-order valence-electron chi connectivity index (χ4n) is 2.96. The summed E-state index contributed by atoms with van der Waals surface area (Å²) >= 11 is 0. The summed E-state index contributed by atoms with van der Waals surface area (Å²) in [5.41, 5.74) is 9.37. The molecular formula is C20H27IN4. The lowest BCUT2D eigenvalue weighted by molar-refractivity contribution is 0.438. The van der Waals surface area contributed by atoms with Gasteiger partial charge in [-0.3, -0.25) is 0 Å². The number of rotatable bonds is 4. The molecule has 0 atom stereocenters. The van der Waals surface area contributed by atoms with Gasteiger partial charge >= 0.3 is 0 Å². The molecule has 0 unspecified atom stereocenters. The monoisotopic (exact) mass is 450 g/mol. The maximum atomic E-state index is 5.94. The van der Waals surface area contributed by atoms with Crippen molar-refractivity contribution in [2.24, 2.45) is 16.6 Å². The number of para-hydroxylation sites is 1. The molecule has 0 amide bonds. The summed E-state index contributed by atoms with van der Waals surface area (Å²) in [7, 11) is 0. The van der Waals surface area contributed by atoms with Crippen LogP contribution in [0.15, 0.2) is 59.6 Å². The maximum absolute atomic E-state index is 5.94. The van der Waals surface area contributed by atoms with Gasteiger partial charge in [-0.2, -0.15) is 0 Å². The Morgan fingerprint density at radius 1 is 1.08 bits per heavy atom. The first kappa shape index (κ1) is 19.6. The molecule has 5 heteroatoms. The molecule has 0 radical (unpaired) electrons. The molecule has 4 nitrogen and oxygen atoms in total. The van der Waals surface area contributed by atoms with Crippen molar-refractivity contribution in [3.8, 4) is 0 Å². The molecule has 134 valence electrons. The predicted octanol–water partition coefficient (Wildman–Crippen LogP) is 4.47. The van der Waals surface area contributed by atoms with E-state index in [2.05, 4.69) is 46.4 Å². The Hall–Kier alpha value is -1.76. The average molecular weight is 450 g/mol. The molecule has 1 aliphatic rings. The molecule has 2 aromatic rings. The fourth-order valence-corrected chi connectivity index (χ4v) is 2.96. The molecule has 0 aromatic heterocycles. The van der Waals surface area contributed by atoms with Crippen molar-refractivity contribution in [3.63, 3.8) is 0 Å². The largest absolute Gasteiger partial charge is 0.372 e. The lowest BCUT2D eigenvalue weighted by atomic mass is 9.99. The van der Waals surface area contributed by atoms with Gasteiger partial charge in [-0.05, 0) is 48.6 Å². The van der Waals surface area contributed by atoms with E-state index in [0.29, 0.717) is 12.5 Å². The Morgan fingerprint density at radius 2 is 1.72 bits per heavy atom. The molecule has 0 bridgehead atoms. The summed E-state index contributed by atoms with van der Waals surface area (Å²) < 4.78 is 0. The molecule has 1 fully saturated rings. The number of hydrogen-bond donors (Lipinski definition) is 2. The lowest BCUT2D eigenvalue weighted by Crippen LogP contribution is -2.32. The second kappa shape index (κ2) is 9.65. The van der Waals surface area contributed by atoms with E-state index in [-0.39, 0.29) is 24.0 Å². The van der Waals surface area contributed by atoms with Gasteiger partial charge in [0.15, 0.2) is 5.96 Å². The molecule has 1 saturated heterocycles. The van der Waals surface area contributed by atoms with E-state index >= 15 is 0 Å². The Kier molecular flexibility index (Phi) is 7.55. The van der Waals surface area contributed by atoms with Gasteiger partial charge in [-0.25, -0.2) is 4.99 Å². The normalized spacial score (nSPS) is 15.6. The number of halogens is 1. The van der Waals surface area contributed by atoms with E-state index in [1.165, 1.54) is 24.1 Å². The van der Waals surface area contributed by atoms with Crippen molar-refractivity contribution in [3.05, 3.63) is 60.2 Å². The minimum absolute atomic E-state index is 0. The first-order chi connectivity index (χ1) is 11.7. The molecule has 3 N–H and O–H groups in total. The Balaban J connectivity index is 0.00000225. The van der Waals surface area contributed by atoms with Gasteiger partial charge in [-0.15, -0.1) is 24.0 Å². The van der Waals surface area contributed by atoms with Gasteiger partial charge in [0, 0.05) is 24.5 Å². The number of benzene rings is 2. The predicted molar refractivity (Wildman–Crippen MR) is 118 cm³/mol. The highest BCUT2D eigenvalue weighted by Crippen LogP contribution is 2.23. The van der Waals surface area contributed by atoms with Gasteiger partial charge in [0.05, 0.1) is 6.54 Å². The van der Waals surface area contributed by atoms with Crippen molar-refractivity contribution in [2.45, 2.75) is 26.3 Å². The van der Waals surface area contributed by atoms with E-state index in [1.54, 1.807) is 0 Å². The molecule has 1 heterocycles. The number of guanidine groups is 1. The van der Waals surface area contributed by atoms with Crippen molar-refractivity contribution < 1.29 is 0 Å². The topological polar surface area (TPSA) is 53.6 Å². The van der Waals surface area contributed by atoms with Crippen LogP contribution < -0.4 is 16.0 Å². The van der Waals surface area contributed by atoms with Crippen LogP contribution in [0.3, 0.4) is 0 Å². The van der Waals surface area contributed by atoms with Crippen molar-refractivity contribution in [2.75, 3.05) is 23.3 Å². The zero-order valence-electron chi connectivity index (χ0n) is 14.7. The van der Waals surface area contributed by atoms with Crippen LogP contribution in [0.2, 0.25) is 0 Å². The number of nitrogens with zero attached hydrogens (tertiary/aromatic N) is 2. The zero-order valence-corrected chi connectivity index (χ0v) is 17.0. The summed E-state index contributed by atoms with van der Waals surface area (Å²) in [6.45, 7) is 5.24. The molecule has 25 heavy (non-hydrogen) atoms. The number of anilines is 2. The third kappa shape index (κ3) is 5.92. The number of nitrogens with two attached hydrogens (primary N) is 1. The maximum Gasteiger partial charge on any atom is 0.193 e. The van der Waals surface area contributed by atoms with Crippen LogP contribution in [0.5, 0.6) is 0 Å². The van der Waals surface area contributed by atoms with E-state index in [0.717, 1.165) is 24.7 Å². The zero-order chi connectivity index (χ0) is 16.8.